The van der Waals surface area contributed by atoms with Gasteiger partial charge in [-0.25, -0.2) is 4.79 Å². The van der Waals surface area contributed by atoms with Gasteiger partial charge in [-0.1, -0.05) is 18.2 Å². The molecule has 0 spiro atoms. The minimum atomic E-state index is -0.493. The van der Waals surface area contributed by atoms with Gasteiger partial charge in [-0.2, -0.15) is 0 Å². The number of imide groups is 1. The molecule has 26 heavy (non-hydrogen) atoms. The fourth-order valence-corrected chi connectivity index (χ4v) is 2.83. The Kier molecular flexibility index (Phi) is 6.37. The lowest BCUT2D eigenvalue weighted by Gasteiger charge is -2.37. The van der Waals surface area contributed by atoms with E-state index in [-0.39, 0.29) is 11.8 Å². The van der Waals surface area contributed by atoms with Crippen LogP contribution >= 0.6 is 0 Å². The Hall–Kier alpha value is -2.41. The van der Waals surface area contributed by atoms with Crippen LogP contribution in [-0.4, -0.2) is 65.4 Å². The van der Waals surface area contributed by atoms with Crippen molar-refractivity contribution in [2.24, 2.45) is 0 Å². The summed E-state index contributed by atoms with van der Waals surface area (Å²) in [5, 5.41) is 5.09. The van der Waals surface area contributed by atoms with Crippen LogP contribution < -0.4 is 10.6 Å². The largest absolute Gasteiger partial charge is 0.336 e. The minimum absolute atomic E-state index is 0.00640. The van der Waals surface area contributed by atoms with Crippen molar-refractivity contribution in [2.45, 2.75) is 39.3 Å². The summed E-state index contributed by atoms with van der Waals surface area (Å²) in [5.74, 6) is -0.332. The van der Waals surface area contributed by atoms with Gasteiger partial charge in [0, 0.05) is 37.3 Å². The molecule has 7 nitrogen and oxygen atoms in total. The molecular weight excluding hydrogens is 332 g/mol. The molecular formula is C19H28N4O3. The van der Waals surface area contributed by atoms with Crippen molar-refractivity contribution in [3.05, 3.63) is 35.9 Å². The van der Waals surface area contributed by atoms with Gasteiger partial charge in [0.25, 0.3) is 5.91 Å². The highest BCUT2D eigenvalue weighted by Crippen LogP contribution is 2.11. The van der Waals surface area contributed by atoms with Crippen molar-refractivity contribution in [1.82, 2.24) is 20.4 Å². The summed E-state index contributed by atoms with van der Waals surface area (Å²) in [4.78, 5) is 40.4. The maximum Gasteiger partial charge on any atom is 0.321 e. The Bertz CT molecular complexity index is 646. The maximum absolute atomic E-state index is 12.5. The van der Waals surface area contributed by atoms with Crippen molar-refractivity contribution in [1.29, 1.82) is 0 Å². The molecule has 2 N–H and O–H groups in total. The van der Waals surface area contributed by atoms with Crippen molar-refractivity contribution >= 4 is 17.8 Å². The summed E-state index contributed by atoms with van der Waals surface area (Å²) in [7, 11) is 0. The summed E-state index contributed by atoms with van der Waals surface area (Å²) in [6.07, 6.45) is 0. The quantitative estimate of drug-likeness (QED) is 0.855. The number of rotatable bonds is 3. The van der Waals surface area contributed by atoms with Crippen LogP contribution in [0.3, 0.4) is 0 Å². The number of hydrogen-bond donors (Lipinski definition) is 2. The Morgan fingerprint density at radius 3 is 2.12 bits per heavy atom. The molecule has 1 fully saturated rings. The third-order valence-corrected chi connectivity index (χ3v) is 4.27. The molecule has 1 aromatic rings. The highest BCUT2D eigenvalue weighted by Gasteiger charge is 2.29. The third kappa shape index (κ3) is 5.56. The Labute approximate surface area is 154 Å². The summed E-state index contributed by atoms with van der Waals surface area (Å²) in [5.41, 5.74) is 0.266. The molecule has 0 radical (unpaired) electrons. The number of piperazine rings is 1. The van der Waals surface area contributed by atoms with Crippen molar-refractivity contribution in [2.75, 3.05) is 26.2 Å². The lowest BCUT2D eigenvalue weighted by Crippen LogP contribution is -2.57. The lowest BCUT2D eigenvalue weighted by molar-refractivity contribution is -0.125. The molecule has 0 saturated carbocycles. The van der Waals surface area contributed by atoms with Gasteiger partial charge < -0.3 is 10.2 Å². The van der Waals surface area contributed by atoms with E-state index in [0.29, 0.717) is 31.7 Å². The first-order valence-electron chi connectivity index (χ1n) is 8.89. The highest BCUT2D eigenvalue weighted by molar-refractivity contribution is 5.97. The van der Waals surface area contributed by atoms with E-state index in [0.717, 1.165) is 0 Å². The average Bonchev–Trinajstić information content (AvgIpc) is 2.59. The van der Waals surface area contributed by atoms with Gasteiger partial charge in [0.15, 0.2) is 0 Å². The van der Waals surface area contributed by atoms with Gasteiger partial charge in [0.1, 0.15) is 0 Å². The van der Waals surface area contributed by atoms with E-state index >= 15 is 0 Å². The SMILES string of the molecule is CC(C(=O)NC(=O)NC(C)(C)C)N1CCN(C(=O)c2ccccc2)CC1. The third-order valence-electron chi connectivity index (χ3n) is 4.27. The number of nitrogens with one attached hydrogen (secondary N) is 2. The van der Waals surface area contributed by atoms with Crippen LogP contribution in [0.25, 0.3) is 0 Å². The molecule has 0 bridgehead atoms. The second-order valence-electron chi connectivity index (χ2n) is 7.56. The lowest BCUT2D eigenvalue weighted by atomic mass is 10.1. The number of nitrogens with zero attached hydrogens (tertiary/aromatic N) is 2. The molecule has 1 saturated heterocycles. The van der Waals surface area contributed by atoms with E-state index in [2.05, 4.69) is 10.6 Å². The van der Waals surface area contributed by atoms with Gasteiger partial charge >= 0.3 is 6.03 Å². The molecule has 1 aromatic carbocycles. The summed E-state index contributed by atoms with van der Waals surface area (Å²) in [6.45, 7) is 9.62. The maximum atomic E-state index is 12.5. The predicted molar refractivity (Wildman–Crippen MR) is 99.8 cm³/mol. The van der Waals surface area contributed by atoms with Crippen LogP contribution in [0, 0.1) is 0 Å². The van der Waals surface area contributed by atoms with E-state index in [1.54, 1.807) is 24.0 Å². The topological polar surface area (TPSA) is 81.8 Å². The van der Waals surface area contributed by atoms with Crippen LogP contribution in [0.5, 0.6) is 0 Å². The molecule has 1 aliphatic heterocycles. The highest BCUT2D eigenvalue weighted by atomic mass is 16.2. The number of benzene rings is 1. The zero-order valence-corrected chi connectivity index (χ0v) is 15.9. The van der Waals surface area contributed by atoms with Crippen LogP contribution in [-0.2, 0) is 4.79 Å². The first-order chi connectivity index (χ1) is 12.2. The number of amides is 4. The molecule has 0 aromatic heterocycles. The minimum Gasteiger partial charge on any atom is -0.336 e. The first-order valence-corrected chi connectivity index (χ1v) is 8.89. The van der Waals surface area contributed by atoms with E-state index in [4.69, 9.17) is 0 Å². The molecule has 142 valence electrons. The van der Waals surface area contributed by atoms with Crippen molar-refractivity contribution in [3.63, 3.8) is 0 Å². The van der Waals surface area contributed by atoms with Gasteiger partial charge in [-0.05, 0) is 39.8 Å². The van der Waals surface area contributed by atoms with E-state index in [1.165, 1.54) is 0 Å². The number of hydrogen-bond acceptors (Lipinski definition) is 4. The molecule has 7 heteroatoms. The monoisotopic (exact) mass is 360 g/mol. The van der Waals surface area contributed by atoms with Gasteiger partial charge in [-0.15, -0.1) is 0 Å². The fourth-order valence-electron chi connectivity index (χ4n) is 2.83. The predicted octanol–water partition coefficient (Wildman–Crippen LogP) is 1.46. The zero-order valence-electron chi connectivity index (χ0n) is 15.9. The fraction of sp³-hybridized carbons (Fsp3) is 0.526. The molecule has 1 unspecified atom stereocenters. The van der Waals surface area contributed by atoms with E-state index in [9.17, 15) is 14.4 Å². The summed E-state index contributed by atoms with van der Waals surface area (Å²) >= 11 is 0. The molecule has 4 amide bonds. The number of carbonyl (C=O) groups excluding carboxylic acids is 3. The summed E-state index contributed by atoms with van der Waals surface area (Å²) < 4.78 is 0. The van der Waals surface area contributed by atoms with Crippen LogP contribution in [0.2, 0.25) is 0 Å². The van der Waals surface area contributed by atoms with Crippen molar-refractivity contribution < 1.29 is 14.4 Å². The smallest absolute Gasteiger partial charge is 0.321 e. The average molecular weight is 360 g/mol. The Morgan fingerprint density at radius 2 is 1.58 bits per heavy atom. The van der Waals surface area contributed by atoms with Crippen LogP contribution in [0.1, 0.15) is 38.1 Å². The van der Waals surface area contributed by atoms with Gasteiger partial charge in [-0.3, -0.25) is 19.8 Å². The van der Waals surface area contributed by atoms with Crippen LogP contribution in [0.4, 0.5) is 4.79 Å². The molecule has 2 rings (SSSR count). The molecule has 0 aliphatic carbocycles. The van der Waals surface area contributed by atoms with Gasteiger partial charge in [0.05, 0.1) is 6.04 Å². The van der Waals surface area contributed by atoms with Crippen LogP contribution in [0.15, 0.2) is 30.3 Å². The Balaban J connectivity index is 1.84. The standard InChI is InChI=1S/C19H28N4O3/c1-14(16(24)20-18(26)21-19(2,3)4)22-10-12-23(13-11-22)17(25)15-8-6-5-7-9-15/h5-9,14H,10-13H2,1-4H3,(H2,20,21,24,26). The van der Waals surface area contributed by atoms with Crippen molar-refractivity contribution in [3.8, 4) is 0 Å². The second-order valence-corrected chi connectivity index (χ2v) is 7.56. The number of urea groups is 1. The first kappa shape index (κ1) is 19.9. The Morgan fingerprint density at radius 1 is 1.00 bits per heavy atom. The molecule has 1 atom stereocenters. The molecule has 1 heterocycles. The summed E-state index contributed by atoms with van der Waals surface area (Å²) in [6, 6.07) is 8.25. The van der Waals surface area contributed by atoms with Gasteiger partial charge in [0.2, 0.25) is 5.91 Å². The number of carbonyl (C=O) groups is 3. The zero-order chi connectivity index (χ0) is 19.3. The second kappa shape index (κ2) is 8.31. The normalized spacial score (nSPS) is 16.7. The molecule has 1 aliphatic rings. The van der Waals surface area contributed by atoms with E-state index in [1.807, 2.05) is 43.9 Å². The van der Waals surface area contributed by atoms with E-state index < -0.39 is 17.6 Å².